The fourth-order valence-electron chi connectivity index (χ4n) is 1.00. The largest absolute Gasteiger partial charge is 0.396 e. The number of hydrogen-bond donors (Lipinski definition) is 2. The lowest BCUT2D eigenvalue weighted by Crippen LogP contribution is -2.05. The molecule has 0 aliphatic rings. The maximum absolute atomic E-state index is 8.97. The second-order valence-corrected chi connectivity index (χ2v) is 3.42. The minimum atomic E-state index is 0.116. The van der Waals surface area contributed by atoms with E-state index in [2.05, 4.69) is 12.6 Å². The third kappa shape index (κ3) is 2.41. The molecule has 0 fully saturated rings. The molecule has 3 heteroatoms. The molecule has 0 saturated heterocycles. The minimum absolute atomic E-state index is 0.116. The van der Waals surface area contributed by atoms with E-state index in [0.717, 1.165) is 10.6 Å². The number of aliphatic hydroxyl groups excluding tert-OH is 1. The van der Waals surface area contributed by atoms with Gasteiger partial charge in [0.1, 0.15) is 0 Å². The first-order chi connectivity index (χ1) is 5.77. The lowest BCUT2D eigenvalue weighted by molar-refractivity contribution is 0.275. The Labute approximate surface area is 82.8 Å². The summed E-state index contributed by atoms with van der Waals surface area (Å²) in [5, 5.41) is 9.68. The molecule has 1 N–H and O–H groups in total. The summed E-state index contributed by atoms with van der Waals surface area (Å²) in [6.45, 7) is 0.130. The molecule has 0 aliphatic heterocycles. The van der Waals surface area contributed by atoms with Crippen molar-refractivity contribution in [2.24, 2.45) is 0 Å². The van der Waals surface area contributed by atoms with E-state index >= 15 is 0 Å². The van der Waals surface area contributed by atoms with Crippen molar-refractivity contribution in [1.29, 1.82) is 0 Å². The zero-order chi connectivity index (χ0) is 8.97. The van der Waals surface area contributed by atoms with E-state index in [1.165, 1.54) is 0 Å². The van der Waals surface area contributed by atoms with Gasteiger partial charge >= 0.3 is 0 Å². The predicted octanol–water partition coefficient (Wildman–Crippen LogP) is 2.35. The van der Waals surface area contributed by atoms with E-state index < -0.39 is 0 Å². The molecule has 0 amide bonds. The van der Waals surface area contributed by atoms with Crippen LogP contribution in [0.2, 0.25) is 5.02 Å². The van der Waals surface area contributed by atoms with E-state index in [0.29, 0.717) is 5.75 Å². The molecule has 0 bridgehead atoms. The number of rotatable bonds is 3. The molecule has 0 saturated carbocycles. The predicted molar refractivity (Wildman–Crippen MR) is 55.1 cm³/mol. The molecule has 66 valence electrons. The molecule has 1 aromatic rings. The molecule has 1 aromatic carbocycles. The van der Waals surface area contributed by atoms with Crippen molar-refractivity contribution in [3.63, 3.8) is 0 Å². The molecule has 1 unspecified atom stereocenters. The van der Waals surface area contributed by atoms with E-state index in [-0.39, 0.29) is 12.5 Å². The molecule has 1 nitrogen and oxygen atoms in total. The zero-order valence-electron chi connectivity index (χ0n) is 6.57. The highest BCUT2D eigenvalue weighted by Crippen LogP contribution is 2.18. The summed E-state index contributed by atoms with van der Waals surface area (Å²) >= 11 is 9.86. The third-order valence-corrected chi connectivity index (χ3v) is 2.47. The molecular weight excluding hydrogens is 192 g/mol. The van der Waals surface area contributed by atoms with E-state index in [4.69, 9.17) is 16.7 Å². The van der Waals surface area contributed by atoms with Crippen LogP contribution in [-0.4, -0.2) is 17.5 Å². The lowest BCUT2D eigenvalue weighted by atomic mass is 10.0. The van der Waals surface area contributed by atoms with Gasteiger partial charge in [0, 0.05) is 10.9 Å². The number of hydrogen-bond acceptors (Lipinski definition) is 2. The van der Waals surface area contributed by atoms with Crippen molar-refractivity contribution in [2.75, 3.05) is 12.4 Å². The summed E-state index contributed by atoms with van der Waals surface area (Å²) in [5.41, 5.74) is 1.08. The van der Waals surface area contributed by atoms with Crippen LogP contribution in [0.25, 0.3) is 0 Å². The maximum atomic E-state index is 8.97. The third-order valence-electron chi connectivity index (χ3n) is 1.78. The van der Waals surface area contributed by atoms with Crippen LogP contribution >= 0.6 is 24.2 Å². The summed E-state index contributed by atoms with van der Waals surface area (Å²) in [7, 11) is 0. The standard InChI is InChI=1S/C9H11ClOS/c10-9-3-1-7(2-4-9)8(5-11)6-12/h1-4,8,11-12H,5-6H2. The molecular formula is C9H11ClOS. The van der Waals surface area contributed by atoms with Crippen molar-refractivity contribution < 1.29 is 5.11 Å². The highest BCUT2D eigenvalue weighted by Gasteiger charge is 2.06. The van der Waals surface area contributed by atoms with E-state index in [9.17, 15) is 0 Å². The Balaban J connectivity index is 2.80. The van der Waals surface area contributed by atoms with Gasteiger partial charge in [0.05, 0.1) is 6.61 Å². The first kappa shape index (κ1) is 9.90. The summed E-state index contributed by atoms with van der Waals surface area (Å²) in [5.74, 6) is 0.767. The van der Waals surface area contributed by atoms with Crippen LogP contribution < -0.4 is 0 Å². The zero-order valence-corrected chi connectivity index (χ0v) is 8.22. The minimum Gasteiger partial charge on any atom is -0.396 e. The van der Waals surface area contributed by atoms with Crippen molar-refractivity contribution in [2.45, 2.75) is 5.92 Å². The highest BCUT2D eigenvalue weighted by atomic mass is 35.5. The van der Waals surface area contributed by atoms with Gasteiger partial charge in [0.2, 0.25) is 0 Å². The number of benzene rings is 1. The smallest absolute Gasteiger partial charge is 0.0507 e. The van der Waals surface area contributed by atoms with E-state index in [1.54, 1.807) is 0 Å². The molecule has 0 aromatic heterocycles. The summed E-state index contributed by atoms with van der Waals surface area (Å²) in [6, 6.07) is 7.48. The van der Waals surface area contributed by atoms with Crippen molar-refractivity contribution in [1.82, 2.24) is 0 Å². The van der Waals surface area contributed by atoms with Crippen molar-refractivity contribution in [3.8, 4) is 0 Å². The quantitative estimate of drug-likeness (QED) is 0.722. The average Bonchev–Trinajstić information content (AvgIpc) is 2.10. The highest BCUT2D eigenvalue weighted by molar-refractivity contribution is 7.80. The molecule has 0 radical (unpaired) electrons. The van der Waals surface area contributed by atoms with Gasteiger partial charge in [-0.3, -0.25) is 0 Å². The van der Waals surface area contributed by atoms with Gasteiger partial charge in [-0.1, -0.05) is 23.7 Å². The Morgan fingerprint density at radius 1 is 1.33 bits per heavy atom. The van der Waals surface area contributed by atoms with Gasteiger partial charge < -0.3 is 5.11 Å². The van der Waals surface area contributed by atoms with Crippen molar-refractivity contribution >= 4 is 24.2 Å². The maximum Gasteiger partial charge on any atom is 0.0507 e. The summed E-state index contributed by atoms with van der Waals surface area (Å²) in [6.07, 6.45) is 0. The molecule has 0 spiro atoms. The van der Waals surface area contributed by atoms with Crippen LogP contribution in [0.5, 0.6) is 0 Å². The summed E-state index contributed by atoms with van der Waals surface area (Å²) in [4.78, 5) is 0. The molecule has 0 aliphatic carbocycles. The number of thiol groups is 1. The fraction of sp³-hybridized carbons (Fsp3) is 0.333. The Hall–Kier alpha value is -0.180. The number of halogens is 1. The van der Waals surface area contributed by atoms with Crippen LogP contribution in [-0.2, 0) is 0 Å². The van der Waals surface area contributed by atoms with Crippen LogP contribution in [0.4, 0.5) is 0 Å². The molecule has 1 atom stereocenters. The topological polar surface area (TPSA) is 20.2 Å². The second kappa shape index (κ2) is 4.75. The monoisotopic (exact) mass is 202 g/mol. The SMILES string of the molecule is OCC(CS)c1ccc(Cl)cc1. The van der Waals surface area contributed by atoms with Gasteiger partial charge in [-0.2, -0.15) is 12.6 Å². The Bertz CT molecular complexity index is 231. The first-order valence-corrected chi connectivity index (χ1v) is 4.76. The normalized spacial score (nSPS) is 12.9. The van der Waals surface area contributed by atoms with Crippen molar-refractivity contribution in [3.05, 3.63) is 34.9 Å². The first-order valence-electron chi connectivity index (χ1n) is 3.75. The summed E-state index contributed by atoms with van der Waals surface area (Å²) < 4.78 is 0. The lowest BCUT2D eigenvalue weighted by Gasteiger charge is -2.10. The molecule has 12 heavy (non-hydrogen) atoms. The van der Waals surface area contributed by atoms with Crippen LogP contribution in [0.1, 0.15) is 11.5 Å². The fourth-order valence-corrected chi connectivity index (χ4v) is 1.46. The molecule has 1 rings (SSSR count). The van der Waals surface area contributed by atoms with Gasteiger partial charge in [-0.15, -0.1) is 0 Å². The van der Waals surface area contributed by atoms with Gasteiger partial charge in [0.25, 0.3) is 0 Å². The average molecular weight is 203 g/mol. The van der Waals surface area contributed by atoms with E-state index in [1.807, 2.05) is 24.3 Å². The van der Waals surface area contributed by atoms with Crippen LogP contribution in [0, 0.1) is 0 Å². The Morgan fingerprint density at radius 3 is 2.33 bits per heavy atom. The van der Waals surface area contributed by atoms with Crippen LogP contribution in [0.3, 0.4) is 0 Å². The number of aliphatic hydroxyl groups is 1. The van der Waals surface area contributed by atoms with Gasteiger partial charge in [-0.05, 0) is 23.4 Å². The van der Waals surface area contributed by atoms with Crippen LogP contribution in [0.15, 0.2) is 24.3 Å². The Kier molecular flexibility index (Phi) is 3.92. The Morgan fingerprint density at radius 2 is 1.92 bits per heavy atom. The van der Waals surface area contributed by atoms with Gasteiger partial charge in [0.15, 0.2) is 0 Å². The second-order valence-electron chi connectivity index (χ2n) is 2.61. The van der Waals surface area contributed by atoms with Gasteiger partial charge in [-0.25, -0.2) is 0 Å². The molecule has 0 heterocycles.